The molecule has 0 fully saturated rings. The predicted octanol–water partition coefficient (Wildman–Crippen LogP) is 6.98. The minimum absolute atomic E-state index is 0.00561. The van der Waals surface area contributed by atoms with Gasteiger partial charge in [0, 0.05) is 6.42 Å². The predicted molar refractivity (Wildman–Crippen MR) is 131 cm³/mol. The molecule has 1 N–H and O–H groups in total. The lowest BCUT2D eigenvalue weighted by Gasteiger charge is -2.37. The van der Waals surface area contributed by atoms with Crippen LogP contribution >= 0.6 is 0 Å². The van der Waals surface area contributed by atoms with Crippen molar-refractivity contribution in [1.29, 1.82) is 0 Å². The highest BCUT2D eigenvalue weighted by atomic mass is 32.2. The Labute approximate surface area is 195 Å². The first-order chi connectivity index (χ1) is 15.2. The summed E-state index contributed by atoms with van der Waals surface area (Å²) in [5.41, 5.74) is 1.23. The molecule has 0 saturated heterocycles. The zero-order valence-electron chi connectivity index (χ0n) is 19.8. The van der Waals surface area contributed by atoms with Crippen molar-refractivity contribution in [3.8, 4) is 5.75 Å². The largest absolute Gasteiger partial charge is 0.488 e. The van der Waals surface area contributed by atoms with Crippen molar-refractivity contribution in [3.63, 3.8) is 0 Å². The third kappa shape index (κ3) is 5.81. The molecule has 0 heterocycles. The first-order valence-electron chi connectivity index (χ1n) is 11.5. The number of ether oxygens (including phenoxy) is 2. The summed E-state index contributed by atoms with van der Waals surface area (Å²) in [5, 5.41) is 0. The monoisotopic (exact) mass is 456 g/mol. The molecule has 4 nitrogen and oxygen atoms in total. The second-order valence-electron chi connectivity index (χ2n) is 9.42. The van der Waals surface area contributed by atoms with E-state index in [-0.39, 0.29) is 17.1 Å². The lowest BCUT2D eigenvalue weighted by atomic mass is 9.69. The Balaban J connectivity index is 1.58. The topological polar surface area (TPSA) is 55.8 Å². The maximum atomic E-state index is 11.1. The summed E-state index contributed by atoms with van der Waals surface area (Å²) >= 11 is -1.97. The van der Waals surface area contributed by atoms with Gasteiger partial charge in [-0.05, 0) is 85.6 Å². The molecule has 0 aliphatic heterocycles. The van der Waals surface area contributed by atoms with E-state index in [1.807, 2.05) is 0 Å². The third-order valence-corrected chi connectivity index (χ3v) is 7.65. The zero-order valence-corrected chi connectivity index (χ0v) is 20.7. The maximum absolute atomic E-state index is 11.1. The van der Waals surface area contributed by atoms with E-state index in [4.69, 9.17) is 14.0 Å². The molecule has 1 aromatic carbocycles. The molecule has 0 spiro atoms. The van der Waals surface area contributed by atoms with Gasteiger partial charge in [-0.25, -0.2) is 4.21 Å². The van der Waals surface area contributed by atoms with Crippen LogP contribution in [0.4, 0.5) is 0 Å². The molecule has 0 saturated carbocycles. The van der Waals surface area contributed by atoms with Gasteiger partial charge in [0.15, 0.2) is 11.1 Å². The van der Waals surface area contributed by atoms with Crippen molar-refractivity contribution in [2.45, 2.75) is 76.9 Å². The van der Waals surface area contributed by atoms with Gasteiger partial charge < -0.3 is 14.0 Å². The molecular weight excluding hydrogens is 420 g/mol. The molecule has 0 radical (unpaired) electrons. The van der Waals surface area contributed by atoms with Gasteiger partial charge in [-0.3, -0.25) is 0 Å². The van der Waals surface area contributed by atoms with Crippen LogP contribution in [0.2, 0.25) is 0 Å². The first-order valence-corrected chi connectivity index (χ1v) is 12.6. The van der Waals surface area contributed by atoms with Crippen LogP contribution < -0.4 is 4.74 Å². The van der Waals surface area contributed by atoms with Gasteiger partial charge >= 0.3 is 0 Å². The molecule has 2 aliphatic rings. The summed E-state index contributed by atoms with van der Waals surface area (Å²) in [5.74, 6) is 2.09. The molecule has 3 atom stereocenters. The van der Waals surface area contributed by atoms with Gasteiger partial charge in [0.25, 0.3) is 0 Å². The summed E-state index contributed by atoms with van der Waals surface area (Å²) in [7, 11) is 0. The van der Waals surface area contributed by atoms with Crippen LogP contribution in [0, 0.1) is 11.3 Å². The highest BCUT2D eigenvalue weighted by Crippen LogP contribution is 2.42. The summed E-state index contributed by atoms with van der Waals surface area (Å²) in [6, 6.07) is 6.71. The molecule has 1 aromatic rings. The van der Waals surface area contributed by atoms with Crippen LogP contribution in [0.25, 0.3) is 0 Å². The van der Waals surface area contributed by atoms with Crippen molar-refractivity contribution in [1.82, 2.24) is 0 Å². The van der Waals surface area contributed by atoms with Gasteiger partial charge in [0.2, 0.25) is 0 Å². The van der Waals surface area contributed by atoms with E-state index < -0.39 is 11.1 Å². The van der Waals surface area contributed by atoms with E-state index >= 15 is 0 Å². The molecule has 174 valence electrons. The second kappa shape index (κ2) is 10.2. The fraction of sp³-hybridized carbons (Fsp3) is 0.481. The zero-order chi connectivity index (χ0) is 23.4. The number of rotatable bonds is 9. The smallest absolute Gasteiger partial charge is 0.186 e. The Morgan fingerprint density at radius 1 is 1.00 bits per heavy atom. The van der Waals surface area contributed by atoms with Gasteiger partial charge in [0.1, 0.15) is 23.2 Å². The van der Waals surface area contributed by atoms with Crippen molar-refractivity contribution in [2.75, 3.05) is 0 Å². The lowest BCUT2D eigenvalue weighted by molar-refractivity contribution is 0.0163. The summed E-state index contributed by atoms with van der Waals surface area (Å²) in [6.07, 6.45) is 17.0. The Morgan fingerprint density at radius 3 is 2.19 bits per heavy atom. The van der Waals surface area contributed by atoms with Crippen LogP contribution in [-0.4, -0.2) is 20.5 Å². The minimum Gasteiger partial charge on any atom is -0.488 e. The second-order valence-corrected chi connectivity index (χ2v) is 10.4. The van der Waals surface area contributed by atoms with Crippen molar-refractivity contribution in [2.24, 2.45) is 11.3 Å². The summed E-state index contributed by atoms with van der Waals surface area (Å²) < 4.78 is 32.5. The third-order valence-electron chi connectivity index (χ3n) is 6.97. The molecule has 0 bridgehead atoms. The highest BCUT2D eigenvalue weighted by molar-refractivity contribution is 7.79. The maximum Gasteiger partial charge on any atom is 0.186 e. The average Bonchev–Trinajstić information content (AvgIpc) is 2.80. The minimum atomic E-state index is -1.97. The van der Waals surface area contributed by atoms with E-state index in [2.05, 4.69) is 71.1 Å². The molecule has 3 rings (SSSR count). The van der Waals surface area contributed by atoms with Crippen LogP contribution in [0.15, 0.2) is 76.9 Å². The molecule has 5 heteroatoms. The van der Waals surface area contributed by atoms with Crippen molar-refractivity contribution < 1.29 is 18.2 Å². The fourth-order valence-corrected chi connectivity index (χ4v) is 4.45. The Bertz CT molecular complexity index is 933. The molecule has 32 heavy (non-hydrogen) atoms. The number of hydrogen-bond acceptors (Lipinski definition) is 3. The molecular formula is C27H36O4S. The number of allylic oxidation sites excluding steroid dienone is 5. The Hall–Kier alpha value is -2.11. The van der Waals surface area contributed by atoms with E-state index in [0.717, 1.165) is 31.4 Å². The van der Waals surface area contributed by atoms with E-state index in [1.165, 1.54) is 5.57 Å². The van der Waals surface area contributed by atoms with Crippen LogP contribution in [-0.2, 0) is 15.8 Å². The van der Waals surface area contributed by atoms with Gasteiger partial charge in [-0.2, -0.15) is 0 Å². The molecule has 0 aromatic heterocycles. The SMILES string of the molecule is CCC(C)(CC)OC1=CCC(C(C)(C)C2=CCC(Oc3ccc(S(=O)O)cc3)C=C2)C=C1. The molecule has 3 unspecified atom stereocenters. The standard InChI is InChI=1S/C27H36O4S/c1-6-27(5,7-2)31-24-14-10-21(11-15-24)26(3,4)20-8-12-22(13-9-20)30-23-16-18-25(19-17-23)32(28)29/h8-10,12,14-19,21-22H,6-7,11,13H2,1-5H3,(H,28,29). The van der Waals surface area contributed by atoms with E-state index in [0.29, 0.717) is 16.6 Å². The first kappa shape index (κ1) is 24.5. The number of hydrogen-bond donors (Lipinski definition) is 1. The van der Waals surface area contributed by atoms with Crippen molar-refractivity contribution >= 4 is 11.1 Å². The normalized spacial score (nSPS) is 22.2. The molecule has 0 amide bonds. The van der Waals surface area contributed by atoms with Crippen LogP contribution in [0.5, 0.6) is 5.75 Å². The van der Waals surface area contributed by atoms with Crippen LogP contribution in [0.1, 0.15) is 60.3 Å². The quantitative estimate of drug-likeness (QED) is 0.407. The number of benzene rings is 1. The molecule has 2 aliphatic carbocycles. The van der Waals surface area contributed by atoms with Gasteiger partial charge in [-0.15, -0.1) is 0 Å². The lowest BCUT2D eigenvalue weighted by Crippen LogP contribution is -2.29. The Kier molecular flexibility index (Phi) is 7.84. The van der Waals surface area contributed by atoms with Crippen LogP contribution in [0.3, 0.4) is 0 Å². The Morgan fingerprint density at radius 2 is 1.69 bits per heavy atom. The van der Waals surface area contributed by atoms with Gasteiger partial charge in [-0.1, -0.05) is 45.9 Å². The van der Waals surface area contributed by atoms with Gasteiger partial charge in [0.05, 0.1) is 4.90 Å². The average molecular weight is 457 g/mol. The summed E-state index contributed by atoms with van der Waals surface area (Å²) in [4.78, 5) is 0.373. The van der Waals surface area contributed by atoms with E-state index in [9.17, 15) is 4.21 Å². The highest BCUT2D eigenvalue weighted by Gasteiger charge is 2.33. The fourth-order valence-electron chi connectivity index (χ4n) is 4.08. The van der Waals surface area contributed by atoms with Crippen molar-refractivity contribution in [3.05, 3.63) is 72.1 Å². The van der Waals surface area contributed by atoms with E-state index in [1.54, 1.807) is 24.3 Å². The summed E-state index contributed by atoms with van der Waals surface area (Å²) in [6.45, 7) is 11.1.